The maximum absolute atomic E-state index is 15.4. The molecule has 0 unspecified atom stereocenters. The van der Waals surface area contributed by atoms with Crippen LogP contribution in [-0.4, -0.2) is 87.7 Å². The first-order valence-electron chi connectivity index (χ1n) is 20.5. The van der Waals surface area contributed by atoms with E-state index in [0.29, 0.717) is 26.1 Å². The minimum atomic E-state index is -4.63. The summed E-state index contributed by atoms with van der Waals surface area (Å²) in [5, 5.41) is 5.03. The molecule has 63 heavy (non-hydrogen) atoms. The number of ether oxygens (including phenoxy) is 2. The van der Waals surface area contributed by atoms with Gasteiger partial charge in [-0.25, -0.2) is 17.6 Å². The molecule has 2 amide bonds. The summed E-state index contributed by atoms with van der Waals surface area (Å²) < 4.78 is 163. The molecule has 342 valence electrons. The molecule has 1 saturated heterocycles. The van der Waals surface area contributed by atoms with Gasteiger partial charge in [-0.05, 0) is 62.1 Å². The van der Waals surface area contributed by atoms with E-state index in [4.69, 9.17) is 18.3 Å². The largest absolute Gasteiger partial charge is 0.449 e. The van der Waals surface area contributed by atoms with Crippen molar-refractivity contribution in [2.45, 2.75) is 81.4 Å². The normalized spacial score (nSPS) is 20.6. The monoisotopic (exact) mass is 904 g/mol. The van der Waals surface area contributed by atoms with E-state index < -0.39 is 77.9 Å². The molecule has 5 heterocycles. The predicted molar refractivity (Wildman–Crippen MR) is 205 cm³/mol. The number of anilines is 2. The number of hydrogen-bond acceptors (Lipinski definition) is 9. The lowest BCUT2D eigenvalue weighted by atomic mass is 9.81. The molecule has 2 aliphatic carbocycles. The predicted octanol–water partition coefficient (Wildman–Crippen LogP) is 8.97. The summed E-state index contributed by atoms with van der Waals surface area (Å²) >= 11 is 0. The van der Waals surface area contributed by atoms with Crippen molar-refractivity contribution >= 4 is 50.9 Å². The van der Waals surface area contributed by atoms with Gasteiger partial charge in [0.2, 0.25) is 11.5 Å². The third kappa shape index (κ3) is 9.04. The molecule has 3 fully saturated rings. The number of Topliss-reactive ketones (excluding diaryl/α,β-unsaturated/α-hetero) is 1. The molecule has 0 atom stereocenters. The second-order valence-corrected chi connectivity index (χ2v) is 16.5. The van der Waals surface area contributed by atoms with Gasteiger partial charge < -0.3 is 38.7 Å². The fourth-order valence-electron chi connectivity index (χ4n) is 9.16. The molecule has 1 spiro atoms. The molecule has 0 bridgehead atoms. The van der Waals surface area contributed by atoms with Gasteiger partial charge in [-0.3, -0.25) is 14.4 Å². The first-order chi connectivity index (χ1) is 29.6. The van der Waals surface area contributed by atoms with Crippen LogP contribution in [-0.2, 0) is 26.6 Å². The lowest BCUT2D eigenvalue weighted by molar-refractivity contribution is -0.197. The highest BCUT2D eigenvalue weighted by molar-refractivity contribution is 6.08. The summed E-state index contributed by atoms with van der Waals surface area (Å²) in [4.78, 5) is 38.6. The summed E-state index contributed by atoms with van der Waals surface area (Å²) in [5.41, 5.74) is -1.93. The van der Waals surface area contributed by atoms with E-state index in [0.717, 1.165) is 36.4 Å². The SMILES string of the molecule is O=C1CCC(C(F)(F)CN2CCNC(=O)c3oc4ccc(C(F)(F)F)cc4c32)CC1.O=C1NCCN(CC(F)(F)C2CCC3(CC2)OCCO3)c2c1oc1ccc(C(F)(F)F)cc21. The van der Waals surface area contributed by atoms with E-state index in [9.17, 15) is 40.7 Å². The molecule has 5 aliphatic rings. The highest BCUT2D eigenvalue weighted by Crippen LogP contribution is 2.47. The lowest BCUT2D eigenvalue weighted by Crippen LogP contribution is -2.47. The number of nitrogens with zero attached hydrogens (tertiary/aromatic N) is 2. The van der Waals surface area contributed by atoms with E-state index in [2.05, 4.69) is 10.6 Å². The van der Waals surface area contributed by atoms with E-state index in [1.807, 2.05) is 0 Å². The molecule has 4 aromatic rings. The van der Waals surface area contributed by atoms with Crippen LogP contribution in [0, 0.1) is 11.8 Å². The van der Waals surface area contributed by atoms with Gasteiger partial charge >= 0.3 is 12.4 Å². The van der Waals surface area contributed by atoms with Gasteiger partial charge in [0.25, 0.3) is 23.7 Å². The molecule has 21 heteroatoms. The van der Waals surface area contributed by atoms with Crippen LogP contribution in [0.5, 0.6) is 0 Å². The molecule has 2 N–H and O–H groups in total. The molecule has 9 rings (SSSR count). The lowest BCUT2D eigenvalue weighted by Gasteiger charge is -2.39. The third-order valence-electron chi connectivity index (χ3n) is 12.5. The van der Waals surface area contributed by atoms with E-state index in [-0.39, 0.29) is 115 Å². The number of ketones is 1. The van der Waals surface area contributed by atoms with E-state index >= 15 is 17.6 Å². The smallest absolute Gasteiger partial charge is 0.416 e. The van der Waals surface area contributed by atoms with Crippen molar-refractivity contribution in [1.82, 2.24) is 10.6 Å². The van der Waals surface area contributed by atoms with Crippen molar-refractivity contribution in [3.8, 4) is 0 Å². The van der Waals surface area contributed by atoms with Crippen molar-refractivity contribution in [3.63, 3.8) is 0 Å². The van der Waals surface area contributed by atoms with Crippen LogP contribution in [0.25, 0.3) is 21.9 Å². The number of fused-ring (bicyclic) bond motifs is 6. The Balaban J connectivity index is 0.000000174. The molecule has 2 aromatic heterocycles. The Morgan fingerprint density at radius 3 is 1.43 bits per heavy atom. The van der Waals surface area contributed by atoms with Gasteiger partial charge in [0.05, 0.1) is 48.8 Å². The standard InChI is InChI=1S/C22H23F5N2O4.C20H19F5N2O3/c23-21(24,13-3-5-20(6-4-13)31-9-10-32-20)12-29-8-7-28-19(30)18-17(29)15-11-14(22(25,26)27)1-2-16(15)33-18;21-19(22,11-1-4-13(28)5-2-11)10-27-8-7-26-18(29)17-16(27)14-9-12(20(23,24)25)3-6-15(14)30-17/h1-2,11,13H,3-10,12H2,(H,28,30);3,6,9,11H,1-2,4-5,7-8,10H2,(H,26,29). The Bertz CT molecular complexity index is 2370. The Morgan fingerprint density at radius 1 is 0.603 bits per heavy atom. The second kappa shape index (κ2) is 16.5. The molecule has 2 aromatic carbocycles. The number of amides is 2. The van der Waals surface area contributed by atoms with Crippen molar-refractivity contribution in [2.24, 2.45) is 11.8 Å². The van der Waals surface area contributed by atoms with Gasteiger partial charge in [-0.15, -0.1) is 0 Å². The maximum atomic E-state index is 15.4. The van der Waals surface area contributed by atoms with Gasteiger partial charge in [-0.1, -0.05) is 0 Å². The molecular formula is C42H42F10N4O7. The number of rotatable bonds is 6. The van der Waals surface area contributed by atoms with Crippen LogP contribution >= 0.6 is 0 Å². The zero-order chi connectivity index (χ0) is 45.1. The summed E-state index contributed by atoms with van der Waals surface area (Å²) in [6.07, 6.45) is -7.81. The zero-order valence-corrected chi connectivity index (χ0v) is 33.5. The van der Waals surface area contributed by atoms with Gasteiger partial charge in [0.15, 0.2) is 5.79 Å². The van der Waals surface area contributed by atoms with Crippen LogP contribution < -0.4 is 20.4 Å². The highest BCUT2D eigenvalue weighted by atomic mass is 19.4. The van der Waals surface area contributed by atoms with Gasteiger partial charge in [0.1, 0.15) is 16.9 Å². The molecule has 11 nitrogen and oxygen atoms in total. The average molecular weight is 905 g/mol. The minimum absolute atomic E-state index is 0.00907. The fraction of sp³-hybridized carbons (Fsp3) is 0.548. The van der Waals surface area contributed by atoms with Crippen LogP contribution in [0.3, 0.4) is 0 Å². The minimum Gasteiger partial charge on any atom is -0.449 e. The molecule has 3 aliphatic heterocycles. The first kappa shape index (κ1) is 44.6. The number of hydrogen-bond donors (Lipinski definition) is 2. The van der Waals surface area contributed by atoms with Crippen molar-refractivity contribution in [1.29, 1.82) is 0 Å². The van der Waals surface area contributed by atoms with Crippen LogP contribution in [0.15, 0.2) is 45.2 Å². The van der Waals surface area contributed by atoms with E-state index in [1.165, 1.54) is 9.80 Å². The zero-order valence-electron chi connectivity index (χ0n) is 33.5. The number of alkyl halides is 10. The third-order valence-corrected chi connectivity index (χ3v) is 12.5. The fourth-order valence-corrected chi connectivity index (χ4v) is 9.16. The molecule has 2 saturated carbocycles. The summed E-state index contributed by atoms with van der Waals surface area (Å²) in [6, 6.07) is 5.52. The van der Waals surface area contributed by atoms with E-state index in [1.54, 1.807) is 0 Å². The van der Waals surface area contributed by atoms with Crippen molar-refractivity contribution in [3.05, 3.63) is 59.0 Å². The maximum Gasteiger partial charge on any atom is 0.416 e. The number of carbonyl (C=O) groups is 3. The van der Waals surface area contributed by atoms with Crippen LogP contribution in [0.1, 0.15) is 83.6 Å². The number of halogens is 10. The topological polar surface area (TPSA) is 126 Å². The number of furan rings is 2. The average Bonchev–Trinajstić information content (AvgIpc) is 3.90. The van der Waals surface area contributed by atoms with Crippen molar-refractivity contribution in [2.75, 3.05) is 62.3 Å². The van der Waals surface area contributed by atoms with Crippen LogP contribution in [0.4, 0.5) is 55.3 Å². The first-order valence-corrected chi connectivity index (χ1v) is 20.5. The molecular weight excluding hydrogens is 862 g/mol. The van der Waals surface area contributed by atoms with Crippen LogP contribution in [0.2, 0.25) is 0 Å². The Kier molecular flexibility index (Phi) is 11.7. The van der Waals surface area contributed by atoms with Crippen molar-refractivity contribution < 1.29 is 76.6 Å². The number of nitrogens with one attached hydrogen (secondary N) is 2. The quantitative estimate of drug-likeness (QED) is 0.183. The Hall–Kier alpha value is -5.05. The summed E-state index contributed by atoms with van der Waals surface area (Å²) in [6.45, 7) is -0.499. The number of benzene rings is 2. The summed E-state index contributed by atoms with van der Waals surface area (Å²) in [5.74, 6) is -10.9. The van der Waals surface area contributed by atoms with Gasteiger partial charge in [0, 0.05) is 74.5 Å². The van der Waals surface area contributed by atoms with Gasteiger partial charge in [-0.2, -0.15) is 26.3 Å². The Morgan fingerprint density at radius 2 is 1.02 bits per heavy atom. The highest BCUT2D eigenvalue weighted by Gasteiger charge is 2.50. The Labute approximate surface area is 352 Å². The molecule has 0 radical (unpaired) electrons. The summed E-state index contributed by atoms with van der Waals surface area (Å²) in [7, 11) is 0. The second-order valence-electron chi connectivity index (χ2n) is 16.5. The number of carbonyl (C=O) groups excluding carboxylic acids is 3.